The Kier molecular flexibility index (Phi) is 5.23. The predicted molar refractivity (Wildman–Crippen MR) is 93.4 cm³/mol. The average Bonchev–Trinajstić information content (AvgIpc) is 2.62. The summed E-state index contributed by atoms with van der Waals surface area (Å²) in [6, 6.07) is 4.50. The first-order valence-corrected chi connectivity index (χ1v) is 9.10. The lowest BCUT2D eigenvalue weighted by molar-refractivity contribution is 0.403. The highest BCUT2D eigenvalue weighted by atomic mass is 16.5. The van der Waals surface area contributed by atoms with E-state index in [1.165, 1.54) is 80.9 Å². The number of methoxy groups -OCH3 is 1. The van der Waals surface area contributed by atoms with Gasteiger partial charge in [0.2, 0.25) is 0 Å². The molecule has 1 aromatic rings. The topological polar surface area (TPSA) is 9.23 Å². The van der Waals surface area contributed by atoms with Crippen LogP contribution in [0, 0.1) is 6.58 Å². The molecule has 0 saturated heterocycles. The molecular weight excluding hydrogens is 268 g/mol. The molecule has 3 rings (SSSR count). The third-order valence-electron chi connectivity index (χ3n) is 5.71. The summed E-state index contributed by atoms with van der Waals surface area (Å²) >= 11 is 0. The number of hydrogen-bond donors (Lipinski definition) is 0. The van der Waals surface area contributed by atoms with E-state index in [1.807, 2.05) is 6.08 Å². The minimum absolute atomic E-state index is 0.668. The molecule has 0 spiro atoms. The van der Waals surface area contributed by atoms with E-state index in [0.717, 1.165) is 5.75 Å². The Labute approximate surface area is 135 Å². The molecule has 0 bridgehead atoms. The van der Waals surface area contributed by atoms with Gasteiger partial charge in [-0.1, -0.05) is 38.5 Å². The molecule has 1 nitrogen and oxygen atoms in total. The third-order valence-corrected chi connectivity index (χ3v) is 5.71. The van der Waals surface area contributed by atoms with E-state index in [0.29, 0.717) is 11.8 Å². The maximum atomic E-state index is 6.09. The van der Waals surface area contributed by atoms with Gasteiger partial charge in [-0.05, 0) is 49.7 Å². The highest BCUT2D eigenvalue weighted by Gasteiger charge is 2.20. The van der Waals surface area contributed by atoms with Gasteiger partial charge in [-0.15, -0.1) is 11.1 Å². The standard InChI is InChI=1S/C21H29O/c1-3-19-20(16-10-6-4-7-11-16)14-18(22-2)15-21(19)17-12-8-5-9-13-17/h1,3,14-17H,4-13H2,2H3/q-1. The first-order chi connectivity index (χ1) is 10.8. The van der Waals surface area contributed by atoms with Crippen LogP contribution in [0.4, 0.5) is 0 Å². The van der Waals surface area contributed by atoms with Crippen LogP contribution in [0.3, 0.4) is 0 Å². The van der Waals surface area contributed by atoms with Crippen molar-refractivity contribution >= 4 is 6.08 Å². The van der Waals surface area contributed by atoms with Crippen LogP contribution < -0.4 is 4.74 Å². The zero-order valence-corrected chi connectivity index (χ0v) is 13.9. The van der Waals surface area contributed by atoms with Crippen molar-refractivity contribution in [3.05, 3.63) is 35.4 Å². The molecule has 0 aliphatic heterocycles. The van der Waals surface area contributed by atoms with Gasteiger partial charge in [0.15, 0.2) is 0 Å². The second-order valence-electron chi connectivity index (χ2n) is 7.06. The minimum Gasteiger partial charge on any atom is -0.497 e. The second kappa shape index (κ2) is 7.35. The third kappa shape index (κ3) is 3.24. The van der Waals surface area contributed by atoms with Gasteiger partial charge in [-0.3, -0.25) is 6.58 Å². The quantitative estimate of drug-likeness (QED) is 0.598. The van der Waals surface area contributed by atoms with Gasteiger partial charge in [-0.25, -0.2) is 6.08 Å². The molecule has 120 valence electrons. The highest BCUT2D eigenvalue weighted by molar-refractivity contribution is 5.60. The maximum absolute atomic E-state index is 6.09. The van der Waals surface area contributed by atoms with Gasteiger partial charge in [0, 0.05) is 0 Å². The van der Waals surface area contributed by atoms with Crippen LogP contribution in [0.25, 0.3) is 6.08 Å². The minimum atomic E-state index is 0.668. The molecule has 0 N–H and O–H groups in total. The zero-order valence-electron chi connectivity index (χ0n) is 13.9. The van der Waals surface area contributed by atoms with Crippen molar-refractivity contribution in [3.8, 4) is 5.75 Å². The first-order valence-electron chi connectivity index (χ1n) is 9.10. The summed E-state index contributed by atoms with van der Waals surface area (Å²) in [5.74, 6) is 2.36. The van der Waals surface area contributed by atoms with Gasteiger partial charge in [0.25, 0.3) is 0 Å². The molecule has 0 aromatic heterocycles. The van der Waals surface area contributed by atoms with E-state index in [9.17, 15) is 0 Å². The fourth-order valence-electron chi connectivity index (χ4n) is 4.48. The summed E-state index contributed by atoms with van der Waals surface area (Å²) < 4.78 is 5.62. The molecule has 0 radical (unpaired) electrons. The van der Waals surface area contributed by atoms with E-state index in [1.54, 1.807) is 7.11 Å². The summed E-state index contributed by atoms with van der Waals surface area (Å²) in [4.78, 5) is 0. The van der Waals surface area contributed by atoms with Gasteiger partial charge in [0.1, 0.15) is 5.75 Å². The van der Waals surface area contributed by atoms with Crippen LogP contribution in [0.1, 0.15) is 92.7 Å². The molecule has 0 heterocycles. The number of benzene rings is 1. The van der Waals surface area contributed by atoms with Crippen molar-refractivity contribution in [1.82, 2.24) is 0 Å². The van der Waals surface area contributed by atoms with E-state index in [4.69, 9.17) is 11.3 Å². The number of ether oxygens (including phenoxy) is 1. The van der Waals surface area contributed by atoms with Crippen LogP contribution in [0.5, 0.6) is 5.75 Å². The monoisotopic (exact) mass is 297 g/mol. The largest absolute Gasteiger partial charge is 0.497 e. The zero-order chi connectivity index (χ0) is 15.4. The van der Waals surface area contributed by atoms with E-state index < -0.39 is 0 Å². The van der Waals surface area contributed by atoms with Crippen LogP contribution >= 0.6 is 0 Å². The Morgan fingerprint density at radius 2 is 1.32 bits per heavy atom. The molecule has 2 aliphatic carbocycles. The second-order valence-corrected chi connectivity index (χ2v) is 7.06. The summed E-state index contributed by atoms with van der Waals surface area (Å²) in [7, 11) is 1.79. The van der Waals surface area contributed by atoms with Crippen LogP contribution in [-0.2, 0) is 0 Å². The summed E-state index contributed by atoms with van der Waals surface area (Å²) in [5.41, 5.74) is 4.21. The molecule has 2 saturated carbocycles. The normalized spacial score (nSPS) is 20.8. The summed E-state index contributed by atoms with van der Waals surface area (Å²) in [6.45, 7) is 6.09. The molecule has 1 heteroatoms. The highest BCUT2D eigenvalue weighted by Crippen LogP contribution is 2.42. The maximum Gasteiger partial charge on any atom is 0.116 e. The van der Waals surface area contributed by atoms with Crippen molar-refractivity contribution in [3.63, 3.8) is 0 Å². The SMILES string of the molecule is [CH-]=Cc1c(C2CCCCC2)cc(OC)cc1C1CCCCC1. The number of rotatable bonds is 4. The van der Waals surface area contributed by atoms with Crippen molar-refractivity contribution < 1.29 is 4.74 Å². The van der Waals surface area contributed by atoms with Gasteiger partial charge < -0.3 is 4.74 Å². The molecule has 1 aromatic carbocycles. The van der Waals surface area contributed by atoms with E-state index in [2.05, 4.69) is 12.1 Å². The fourth-order valence-corrected chi connectivity index (χ4v) is 4.48. The van der Waals surface area contributed by atoms with Crippen molar-refractivity contribution in [2.45, 2.75) is 76.0 Å². The lowest BCUT2D eigenvalue weighted by Crippen LogP contribution is -2.12. The Morgan fingerprint density at radius 3 is 1.68 bits per heavy atom. The average molecular weight is 297 g/mol. The van der Waals surface area contributed by atoms with Crippen molar-refractivity contribution in [2.24, 2.45) is 0 Å². The summed E-state index contributed by atoms with van der Waals surface area (Å²) in [5, 5.41) is 0. The molecule has 0 unspecified atom stereocenters. The lowest BCUT2D eigenvalue weighted by Gasteiger charge is -2.33. The van der Waals surface area contributed by atoms with E-state index in [-0.39, 0.29) is 0 Å². The van der Waals surface area contributed by atoms with Crippen molar-refractivity contribution in [2.75, 3.05) is 7.11 Å². The molecule has 2 fully saturated rings. The Morgan fingerprint density at radius 1 is 0.864 bits per heavy atom. The van der Waals surface area contributed by atoms with E-state index >= 15 is 0 Å². The molecular formula is C21H29O-. The first kappa shape index (κ1) is 15.6. The number of hydrogen-bond acceptors (Lipinski definition) is 1. The summed E-state index contributed by atoms with van der Waals surface area (Å²) in [6.07, 6.45) is 15.3. The molecule has 0 atom stereocenters. The van der Waals surface area contributed by atoms with Gasteiger partial charge in [0.05, 0.1) is 7.11 Å². The molecule has 22 heavy (non-hydrogen) atoms. The van der Waals surface area contributed by atoms with Gasteiger partial charge >= 0.3 is 0 Å². The predicted octanol–water partition coefficient (Wildman–Crippen LogP) is 6.24. The Hall–Kier alpha value is -1.24. The van der Waals surface area contributed by atoms with Crippen LogP contribution in [0.15, 0.2) is 12.1 Å². The van der Waals surface area contributed by atoms with Crippen LogP contribution in [0.2, 0.25) is 0 Å². The van der Waals surface area contributed by atoms with Crippen molar-refractivity contribution in [1.29, 1.82) is 0 Å². The Bertz CT molecular complexity index is 466. The molecule has 0 amide bonds. The van der Waals surface area contributed by atoms with Gasteiger partial charge in [-0.2, -0.15) is 5.56 Å². The lowest BCUT2D eigenvalue weighted by atomic mass is 9.76. The molecule has 2 aliphatic rings. The van der Waals surface area contributed by atoms with Crippen LogP contribution in [-0.4, -0.2) is 7.11 Å². The smallest absolute Gasteiger partial charge is 0.116 e. The fraction of sp³-hybridized carbons (Fsp3) is 0.619. The Balaban J connectivity index is 2.01.